The van der Waals surface area contributed by atoms with Crippen molar-refractivity contribution in [3.63, 3.8) is 0 Å². The zero-order chi connectivity index (χ0) is 29.4. The van der Waals surface area contributed by atoms with E-state index >= 15 is 0 Å². The van der Waals surface area contributed by atoms with E-state index in [1.54, 1.807) is 24.3 Å². The molecule has 9 nitrogen and oxygen atoms in total. The second-order valence-electron chi connectivity index (χ2n) is 11.4. The monoisotopic (exact) mass is 589 g/mol. The van der Waals surface area contributed by atoms with E-state index in [1.807, 2.05) is 18.2 Å². The van der Waals surface area contributed by atoms with E-state index in [0.717, 1.165) is 54.4 Å². The van der Waals surface area contributed by atoms with Crippen LogP contribution in [0.1, 0.15) is 59.0 Å². The van der Waals surface area contributed by atoms with E-state index in [4.69, 9.17) is 24.7 Å². The summed E-state index contributed by atoms with van der Waals surface area (Å²) in [6.07, 6.45) is 2.01. The highest BCUT2D eigenvalue weighted by Crippen LogP contribution is 2.40. The Labute approximate surface area is 247 Å². The van der Waals surface area contributed by atoms with Crippen LogP contribution in [0.4, 0.5) is 4.39 Å². The number of hydrogen-bond acceptors (Lipinski definition) is 8. The van der Waals surface area contributed by atoms with Crippen LogP contribution in [0.25, 0.3) is 10.3 Å². The lowest BCUT2D eigenvalue weighted by atomic mass is 9.70. The maximum Gasteiger partial charge on any atom is 0.346 e. The minimum Gasteiger partial charge on any atom is -0.477 e. The minimum absolute atomic E-state index is 0.0258. The number of thiophene rings is 1. The van der Waals surface area contributed by atoms with Gasteiger partial charge in [-0.25, -0.2) is 19.2 Å². The number of ether oxygens (including phenoxy) is 2. The van der Waals surface area contributed by atoms with Gasteiger partial charge in [-0.1, -0.05) is 26.0 Å². The fourth-order valence-corrected chi connectivity index (χ4v) is 6.71. The van der Waals surface area contributed by atoms with Crippen LogP contribution in [0.5, 0.6) is 5.88 Å². The Kier molecular flexibility index (Phi) is 7.70. The molecule has 0 radical (unpaired) electrons. The number of likely N-dealkylation sites (tertiary alicyclic amines) is 1. The maximum atomic E-state index is 14.3. The van der Waals surface area contributed by atoms with Crippen LogP contribution in [-0.4, -0.2) is 56.3 Å². The van der Waals surface area contributed by atoms with Crippen molar-refractivity contribution in [3.05, 3.63) is 75.8 Å². The maximum absolute atomic E-state index is 14.3. The van der Waals surface area contributed by atoms with Crippen LogP contribution in [0.15, 0.2) is 42.5 Å². The number of halogens is 1. The SMILES string of the molecule is C[C@@H]1CN(Cc2nc3cc(C(=O)O)sc3n2C[C@@H]2CCO2)CC[C@@]1(C)c1cccc(OCc2ccc(C#N)cc2F)n1. The Bertz CT molecular complexity index is 1680. The van der Waals surface area contributed by atoms with Crippen molar-refractivity contribution in [1.82, 2.24) is 19.4 Å². The number of nitrogens with zero attached hydrogens (tertiary/aromatic N) is 5. The van der Waals surface area contributed by atoms with Gasteiger partial charge in [0.2, 0.25) is 5.88 Å². The zero-order valence-corrected chi connectivity index (χ0v) is 24.4. The van der Waals surface area contributed by atoms with Crippen LogP contribution >= 0.6 is 11.3 Å². The first-order valence-electron chi connectivity index (χ1n) is 14.1. The molecule has 2 saturated heterocycles. The third-order valence-corrected chi connectivity index (χ3v) is 9.82. The molecule has 3 aromatic heterocycles. The molecule has 5 heterocycles. The molecule has 6 rings (SSSR count). The fourth-order valence-electron chi connectivity index (χ4n) is 5.75. The van der Waals surface area contributed by atoms with E-state index in [9.17, 15) is 14.3 Å². The summed E-state index contributed by atoms with van der Waals surface area (Å²) in [5.74, 6) is 0.250. The molecule has 0 spiro atoms. The van der Waals surface area contributed by atoms with Crippen molar-refractivity contribution in [2.75, 3.05) is 19.7 Å². The number of carboxylic acids is 1. The number of carbonyl (C=O) groups is 1. The molecular formula is C31H32FN5O4S. The molecule has 2 fully saturated rings. The number of benzene rings is 1. The fraction of sp³-hybridized carbons (Fsp3) is 0.419. The number of pyridine rings is 1. The Morgan fingerprint density at radius 2 is 2.14 bits per heavy atom. The van der Waals surface area contributed by atoms with Gasteiger partial charge >= 0.3 is 5.97 Å². The summed E-state index contributed by atoms with van der Waals surface area (Å²) < 4.78 is 28.0. The molecule has 0 aliphatic carbocycles. The van der Waals surface area contributed by atoms with Crippen LogP contribution < -0.4 is 4.74 Å². The lowest BCUT2D eigenvalue weighted by molar-refractivity contribution is -0.0592. The van der Waals surface area contributed by atoms with Crippen LogP contribution in [0, 0.1) is 23.1 Å². The first-order chi connectivity index (χ1) is 20.2. The second-order valence-corrected chi connectivity index (χ2v) is 12.4. The Morgan fingerprint density at radius 1 is 1.31 bits per heavy atom. The topological polar surface area (TPSA) is 114 Å². The lowest BCUT2D eigenvalue weighted by Crippen LogP contribution is -2.47. The number of fused-ring (bicyclic) bond motifs is 1. The number of aromatic nitrogens is 3. The summed E-state index contributed by atoms with van der Waals surface area (Å²) in [6.45, 7) is 8.31. The van der Waals surface area contributed by atoms with Crippen molar-refractivity contribution in [2.45, 2.75) is 57.9 Å². The molecule has 0 unspecified atom stereocenters. The normalized spacial score (nSPS) is 22.5. The third kappa shape index (κ3) is 5.50. The van der Waals surface area contributed by atoms with Gasteiger partial charge in [-0.3, -0.25) is 4.90 Å². The van der Waals surface area contributed by atoms with Gasteiger partial charge in [0.25, 0.3) is 0 Å². The summed E-state index contributed by atoms with van der Waals surface area (Å²) in [4.78, 5) is 24.8. The molecule has 42 heavy (non-hydrogen) atoms. The van der Waals surface area contributed by atoms with Gasteiger partial charge in [-0.2, -0.15) is 5.26 Å². The number of nitriles is 1. The van der Waals surface area contributed by atoms with Gasteiger partial charge in [-0.15, -0.1) is 11.3 Å². The van der Waals surface area contributed by atoms with Crippen molar-refractivity contribution in [3.8, 4) is 11.9 Å². The molecule has 4 aromatic rings. The molecular weight excluding hydrogens is 557 g/mol. The number of hydrogen-bond donors (Lipinski definition) is 1. The molecule has 0 saturated carbocycles. The van der Waals surface area contributed by atoms with Gasteiger partial charge in [0.05, 0.1) is 36.5 Å². The second kappa shape index (κ2) is 11.4. The largest absolute Gasteiger partial charge is 0.477 e. The van der Waals surface area contributed by atoms with E-state index in [-0.39, 0.29) is 29.6 Å². The van der Waals surface area contributed by atoms with Crippen molar-refractivity contribution >= 4 is 27.7 Å². The van der Waals surface area contributed by atoms with Gasteiger partial charge in [0, 0.05) is 30.2 Å². The molecule has 218 valence electrons. The van der Waals surface area contributed by atoms with Gasteiger partial charge in [0.15, 0.2) is 0 Å². The zero-order valence-electron chi connectivity index (χ0n) is 23.5. The Morgan fingerprint density at radius 3 is 2.83 bits per heavy atom. The highest BCUT2D eigenvalue weighted by Gasteiger charge is 2.40. The smallest absolute Gasteiger partial charge is 0.346 e. The molecule has 2 aliphatic rings. The Hall–Kier alpha value is -3.85. The third-order valence-electron chi connectivity index (χ3n) is 8.69. The molecule has 1 N–H and O–H groups in total. The number of piperidine rings is 1. The average molecular weight is 590 g/mol. The van der Waals surface area contributed by atoms with Crippen LogP contribution in [-0.2, 0) is 29.8 Å². The number of imidazole rings is 1. The molecule has 11 heteroatoms. The standard InChI is InChI=1S/C31H32FN5O4S/c1-19-15-36(17-27-34-24-13-25(30(38)39)42-29(24)37(27)16-22-8-11-40-22)10-9-31(19,2)26-4-3-5-28(35-26)41-18-21-7-6-20(14-33)12-23(21)32/h3-7,12-13,19,22H,8-11,15-18H2,1-2H3,(H,38,39)/t19-,22+,31-/m1/s1. The van der Waals surface area contributed by atoms with Gasteiger partial charge in [-0.05, 0) is 49.6 Å². The predicted octanol–water partition coefficient (Wildman–Crippen LogP) is 5.37. The molecule has 0 bridgehead atoms. The van der Waals surface area contributed by atoms with E-state index in [0.29, 0.717) is 29.4 Å². The van der Waals surface area contributed by atoms with E-state index < -0.39 is 11.8 Å². The summed E-state index contributed by atoms with van der Waals surface area (Å²) in [6, 6.07) is 13.7. The first kappa shape index (κ1) is 28.3. The number of rotatable bonds is 9. The number of carboxylic acid groups (broad SMARTS) is 1. The molecule has 2 aliphatic heterocycles. The highest BCUT2D eigenvalue weighted by atomic mass is 32.1. The molecule has 1 aromatic carbocycles. The van der Waals surface area contributed by atoms with Gasteiger partial charge < -0.3 is 19.1 Å². The van der Waals surface area contributed by atoms with Crippen molar-refractivity contribution in [1.29, 1.82) is 5.26 Å². The first-order valence-corrected chi connectivity index (χ1v) is 14.9. The molecule has 0 amide bonds. The minimum atomic E-state index is -0.931. The average Bonchev–Trinajstić information content (AvgIpc) is 3.50. The van der Waals surface area contributed by atoms with Gasteiger partial charge in [0.1, 0.15) is 33.5 Å². The summed E-state index contributed by atoms with van der Waals surface area (Å²) in [5, 5.41) is 18.4. The lowest BCUT2D eigenvalue weighted by Gasteiger charge is -2.44. The van der Waals surface area contributed by atoms with E-state index in [1.165, 1.54) is 17.4 Å². The predicted molar refractivity (Wildman–Crippen MR) is 155 cm³/mol. The summed E-state index contributed by atoms with van der Waals surface area (Å²) in [7, 11) is 0. The highest BCUT2D eigenvalue weighted by molar-refractivity contribution is 7.20. The Balaban J connectivity index is 1.14. The van der Waals surface area contributed by atoms with Crippen molar-refractivity contribution < 1.29 is 23.8 Å². The number of aromatic carboxylic acids is 1. The quantitative estimate of drug-likeness (QED) is 0.277. The van der Waals surface area contributed by atoms with E-state index in [2.05, 4.69) is 23.3 Å². The van der Waals surface area contributed by atoms with Crippen LogP contribution in [0.2, 0.25) is 0 Å². The molecule has 3 atom stereocenters. The van der Waals surface area contributed by atoms with Crippen LogP contribution in [0.3, 0.4) is 0 Å². The van der Waals surface area contributed by atoms with Crippen molar-refractivity contribution in [2.24, 2.45) is 5.92 Å². The summed E-state index contributed by atoms with van der Waals surface area (Å²) >= 11 is 1.27. The summed E-state index contributed by atoms with van der Waals surface area (Å²) in [5.41, 5.74) is 2.13.